The Balaban J connectivity index is 2.24. The van der Waals surface area contributed by atoms with Gasteiger partial charge in [-0.15, -0.1) is 0 Å². The zero-order valence-corrected chi connectivity index (χ0v) is 8.78. The Morgan fingerprint density at radius 3 is 3.06 bits per heavy atom. The molecule has 0 amide bonds. The number of hydrogen-bond acceptors (Lipinski definition) is 3. The van der Waals surface area contributed by atoms with Gasteiger partial charge in [0.15, 0.2) is 6.29 Å². The van der Waals surface area contributed by atoms with Crippen LogP contribution in [0.1, 0.15) is 21.5 Å². The third kappa shape index (κ3) is 1.10. The predicted octanol–water partition coefficient (Wildman–Crippen LogP) is 1.80. The van der Waals surface area contributed by atoms with Gasteiger partial charge in [-0.2, -0.15) is 5.10 Å². The largest absolute Gasteiger partial charge is 0.496 e. The van der Waals surface area contributed by atoms with Gasteiger partial charge in [-0.05, 0) is 17.7 Å². The van der Waals surface area contributed by atoms with Crippen LogP contribution in [0, 0.1) is 0 Å². The number of aromatic nitrogens is 2. The van der Waals surface area contributed by atoms with Crippen LogP contribution in [0.3, 0.4) is 0 Å². The first-order chi connectivity index (χ1) is 7.83. The second-order valence-electron chi connectivity index (χ2n) is 3.82. The lowest BCUT2D eigenvalue weighted by Crippen LogP contribution is -1.93. The van der Waals surface area contributed by atoms with Crippen LogP contribution >= 0.6 is 0 Å². The number of carbonyl (C=O) groups is 1. The molecule has 4 nitrogen and oxygen atoms in total. The summed E-state index contributed by atoms with van der Waals surface area (Å²) in [7, 11) is 1.57. The number of benzene rings is 1. The lowest BCUT2D eigenvalue weighted by Gasteiger charge is -2.07. The van der Waals surface area contributed by atoms with E-state index in [4.69, 9.17) is 4.74 Å². The van der Waals surface area contributed by atoms with Gasteiger partial charge in [0.25, 0.3) is 0 Å². The topological polar surface area (TPSA) is 55.0 Å². The molecule has 16 heavy (non-hydrogen) atoms. The maximum absolute atomic E-state index is 10.9. The summed E-state index contributed by atoms with van der Waals surface area (Å²) < 4.78 is 5.19. The van der Waals surface area contributed by atoms with Crippen LogP contribution in [-0.2, 0) is 6.42 Å². The summed E-state index contributed by atoms with van der Waals surface area (Å²) in [5.41, 5.74) is 5.02. The van der Waals surface area contributed by atoms with Crippen molar-refractivity contribution in [1.29, 1.82) is 0 Å². The quantitative estimate of drug-likeness (QED) is 0.662. The molecule has 80 valence electrons. The minimum atomic E-state index is 0.597. The fourth-order valence-corrected chi connectivity index (χ4v) is 2.18. The first-order valence-electron chi connectivity index (χ1n) is 5.02. The van der Waals surface area contributed by atoms with Gasteiger partial charge in [0.05, 0.1) is 24.6 Å². The van der Waals surface area contributed by atoms with Crippen molar-refractivity contribution in [1.82, 2.24) is 10.2 Å². The highest BCUT2D eigenvalue weighted by atomic mass is 16.5. The summed E-state index contributed by atoms with van der Waals surface area (Å²) in [5, 5.41) is 6.97. The maximum atomic E-state index is 10.9. The molecular weight excluding hydrogens is 204 g/mol. The second-order valence-corrected chi connectivity index (χ2v) is 3.82. The summed E-state index contributed by atoms with van der Waals surface area (Å²) in [6.45, 7) is 0. The first kappa shape index (κ1) is 9.15. The van der Waals surface area contributed by atoms with Gasteiger partial charge in [-0.1, -0.05) is 0 Å². The zero-order chi connectivity index (χ0) is 11.1. The van der Waals surface area contributed by atoms with E-state index in [0.717, 1.165) is 29.5 Å². The highest BCUT2D eigenvalue weighted by molar-refractivity contribution is 5.85. The number of nitrogens with zero attached hydrogens (tertiary/aromatic N) is 1. The van der Waals surface area contributed by atoms with Crippen molar-refractivity contribution in [3.8, 4) is 17.0 Å². The van der Waals surface area contributed by atoms with Crippen LogP contribution < -0.4 is 4.74 Å². The van der Waals surface area contributed by atoms with E-state index in [1.54, 1.807) is 7.11 Å². The number of aldehydes is 1. The van der Waals surface area contributed by atoms with Gasteiger partial charge in [0, 0.05) is 17.5 Å². The third-order valence-electron chi connectivity index (χ3n) is 2.95. The molecule has 0 spiro atoms. The molecule has 1 heterocycles. The summed E-state index contributed by atoms with van der Waals surface area (Å²) in [6, 6.07) is 3.78. The van der Waals surface area contributed by atoms with Gasteiger partial charge in [0.1, 0.15) is 5.75 Å². The van der Waals surface area contributed by atoms with Crippen molar-refractivity contribution < 1.29 is 9.53 Å². The predicted molar refractivity (Wildman–Crippen MR) is 58.8 cm³/mol. The SMILES string of the molecule is COc1cc2c(cc1C=O)Cc1cn[nH]c1-2. The Hall–Kier alpha value is -2.10. The molecule has 2 aromatic rings. The van der Waals surface area contributed by atoms with E-state index in [9.17, 15) is 4.79 Å². The molecule has 1 aliphatic carbocycles. The fraction of sp³-hybridized carbons (Fsp3) is 0.167. The molecule has 0 aliphatic heterocycles. The monoisotopic (exact) mass is 214 g/mol. The molecule has 4 heteroatoms. The first-order valence-corrected chi connectivity index (χ1v) is 5.02. The Labute approximate surface area is 92.2 Å². The smallest absolute Gasteiger partial charge is 0.153 e. The summed E-state index contributed by atoms with van der Waals surface area (Å²) >= 11 is 0. The summed E-state index contributed by atoms with van der Waals surface area (Å²) in [5.74, 6) is 0.608. The van der Waals surface area contributed by atoms with Crippen molar-refractivity contribution in [3.63, 3.8) is 0 Å². The number of nitrogens with one attached hydrogen (secondary N) is 1. The van der Waals surface area contributed by atoms with Crippen molar-refractivity contribution >= 4 is 6.29 Å². The molecule has 1 aromatic carbocycles. The van der Waals surface area contributed by atoms with Crippen LogP contribution in [0.25, 0.3) is 11.3 Å². The number of fused-ring (bicyclic) bond motifs is 3. The average molecular weight is 214 g/mol. The van der Waals surface area contributed by atoms with E-state index in [-0.39, 0.29) is 0 Å². The number of H-pyrrole nitrogens is 1. The molecular formula is C12H10N2O2. The molecule has 0 atom stereocenters. The molecule has 0 radical (unpaired) electrons. The standard InChI is InChI=1S/C12H10N2O2/c1-16-11-4-10-7(3-9(11)6-15)2-8-5-13-14-12(8)10/h3-6H,2H2,1H3,(H,13,14). The Morgan fingerprint density at radius 1 is 1.44 bits per heavy atom. The van der Waals surface area contributed by atoms with Crippen molar-refractivity contribution in [2.45, 2.75) is 6.42 Å². The molecule has 0 unspecified atom stereocenters. The molecule has 3 rings (SSSR count). The minimum Gasteiger partial charge on any atom is -0.496 e. The second kappa shape index (κ2) is 3.20. The van der Waals surface area contributed by atoms with Gasteiger partial charge in [0.2, 0.25) is 0 Å². The van der Waals surface area contributed by atoms with Gasteiger partial charge in [-0.3, -0.25) is 9.89 Å². The highest BCUT2D eigenvalue weighted by Gasteiger charge is 2.22. The molecule has 1 N–H and O–H groups in total. The molecule has 1 aliphatic rings. The van der Waals surface area contributed by atoms with E-state index < -0.39 is 0 Å². The summed E-state index contributed by atoms with van der Waals surface area (Å²) in [4.78, 5) is 10.9. The molecule has 0 fully saturated rings. The lowest BCUT2D eigenvalue weighted by atomic mass is 10.1. The number of methoxy groups -OCH3 is 1. The van der Waals surface area contributed by atoms with E-state index >= 15 is 0 Å². The maximum Gasteiger partial charge on any atom is 0.153 e. The molecule has 0 saturated carbocycles. The van der Waals surface area contributed by atoms with E-state index in [0.29, 0.717) is 11.3 Å². The molecule has 0 saturated heterocycles. The molecule has 1 aromatic heterocycles. The Morgan fingerprint density at radius 2 is 2.31 bits per heavy atom. The zero-order valence-electron chi connectivity index (χ0n) is 8.78. The van der Waals surface area contributed by atoms with E-state index in [1.807, 2.05) is 18.3 Å². The average Bonchev–Trinajstić information content (AvgIpc) is 2.87. The number of carbonyl (C=O) groups excluding carboxylic acids is 1. The van der Waals surface area contributed by atoms with Crippen LogP contribution in [0.4, 0.5) is 0 Å². The number of rotatable bonds is 2. The van der Waals surface area contributed by atoms with E-state index in [2.05, 4.69) is 10.2 Å². The Kier molecular flexibility index (Phi) is 1.83. The third-order valence-corrected chi connectivity index (χ3v) is 2.95. The Bertz CT molecular complexity index is 572. The lowest BCUT2D eigenvalue weighted by molar-refractivity contribution is 0.112. The van der Waals surface area contributed by atoms with Crippen molar-refractivity contribution in [3.05, 3.63) is 35.0 Å². The number of hydrogen-bond donors (Lipinski definition) is 1. The van der Waals surface area contributed by atoms with Crippen molar-refractivity contribution in [2.24, 2.45) is 0 Å². The normalized spacial score (nSPS) is 12.1. The van der Waals surface area contributed by atoms with Crippen LogP contribution in [0.2, 0.25) is 0 Å². The fourth-order valence-electron chi connectivity index (χ4n) is 2.18. The van der Waals surface area contributed by atoms with Gasteiger partial charge in [-0.25, -0.2) is 0 Å². The van der Waals surface area contributed by atoms with Crippen LogP contribution in [0.5, 0.6) is 5.75 Å². The highest BCUT2D eigenvalue weighted by Crippen LogP contribution is 2.38. The van der Waals surface area contributed by atoms with E-state index in [1.165, 1.54) is 5.56 Å². The summed E-state index contributed by atoms with van der Waals surface area (Å²) in [6.07, 6.45) is 3.47. The number of ether oxygens (including phenoxy) is 1. The van der Waals surface area contributed by atoms with Crippen LogP contribution in [0.15, 0.2) is 18.3 Å². The molecule has 0 bridgehead atoms. The number of aromatic amines is 1. The minimum absolute atomic E-state index is 0.597. The van der Waals surface area contributed by atoms with Gasteiger partial charge >= 0.3 is 0 Å². The van der Waals surface area contributed by atoms with Crippen molar-refractivity contribution in [2.75, 3.05) is 7.11 Å². The van der Waals surface area contributed by atoms with Gasteiger partial charge < -0.3 is 4.74 Å². The van der Waals surface area contributed by atoms with Crippen LogP contribution in [-0.4, -0.2) is 23.6 Å².